The minimum Gasteiger partial charge on any atom is -0.355 e. The number of nitrogens with one attached hydrogen (secondary N) is 1. The number of carbonyl (C=O) groups is 2. The largest absolute Gasteiger partial charge is 0.355 e. The summed E-state index contributed by atoms with van der Waals surface area (Å²) in [4.78, 5) is 28.6. The lowest BCUT2D eigenvalue weighted by Crippen LogP contribution is -2.50. The number of aryl methyl sites for hydroxylation is 1. The van der Waals surface area contributed by atoms with Crippen LogP contribution in [0.3, 0.4) is 0 Å². The van der Waals surface area contributed by atoms with E-state index < -0.39 is 0 Å². The Morgan fingerprint density at radius 1 is 1.15 bits per heavy atom. The zero-order chi connectivity index (χ0) is 18.4. The van der Waals surface area contributed by atoms with Crippen LogP contribution in [0.4, 0.5) is 0 Å². The fourth-order valence-electron chi connectivity index (χ4n) is 3.17. The molecule has 1 aromatic heterocycles. The number of thiophene rings is 1. The SMILES string of the molecule is Cc1cccc(CC(=O)NCCN2CCN(C(=O)c3ccsc3)CC2)c1. The van der Waals surface area contributed by atoms with Gasteiger partial charge in [0.2, 0.25) is 5.91 Å². The Morgan fingerprint density at radius 2 is 1.96 bits per heavy atom. The molecule has 0 saturated carbocycles. The minimum atomic E-state index is 0.0573. The predicted octanol–water partition coefficient (Wildman–Crippen LogP) is 2.17. The van der Waals surface area contributed by atoms with Crippen LogP contribution in [-0.2, 0) is 11.2 Å². The van der Waals surface area contributed by atoms with E-state index in [9.17, 15) is 9.59 Å². The first-order valence-electron chi connectivity index (χ1n) is 8.98. The van der Waals surface area contributed by atoms with Crippen molar-refractivity contribution in [2.45, 2.75) is 13.3 Å². The van der Waals surface area contributed by atoms with Gasteiger partial charge in [0, 0.05) is 44.6 Å². The van der Waals surface area contributed by atoms with Crippen molar-refractivity contribution < 1.29 is 9.59 Å². The Bertz CT molecular complexity index is 737. The maximum atomic E-state index is 12.3. The lowest BCUT2D eigenvalue weighted by Gasteiger charge is -2.34. The van der Waals surface area contributed by atoms with Crippen molar-refractivity contribution in [3.63, 3.8) is 0 Å². The zero-order valence-corrected chi connectivity index (χ0v) is 15.9. The molecule has 1 N–H and O–H groups in total. The van der Waals surface area contributed by atoms with Crippen molar-refractivity contribution >= 4 is 23.2 Å². The highest BCUT2D eigenvalue weighted by Crippen LogP contribution is 2.11. The van der Waals surface area contributed by atoms with Crippen molar-refractivity contribution in [2.24, 2.45) is 0 Å². The molecule has 5 nitrogen and oxygen atoms in total. The van der Waals surface area contributed by atoms with Gasteiger partial charge >= 0.3 is 0 Å². The molecule has 26 heavy (non-hydrogen) atoms. The number of nitrogens with zero attached hydrogens (tertiary/aromatic N) is 2. The summed E-state index contributed by atoms with van der Waals surface area (Å²) in [5.41, 5.74) is 3.00. The van der Waals surface area contributed by atoms with Crippen molar-refractivity contribution in [1.29, 1.82) is 0 Å². The molecule has 2 amide bonds. The Kier molecular flexibility index (Phi) is 6.41. The molecule has 1 aromatic carbocycles. The van der Waals surface area contributed by atoms with E-state index in [4.69, 9.17) is 0 Å². The fourth-order valence-corrected chi connectivity index (χ4v) is 3.80. The van der Waals surface area contributed by atoms with E-state index in [0.717, 1.165) is 43.9 Å². The smallest absolute Gasteiger partial charge is 0.254 e. The van der Waals surface area contributed by atoms with Gasteiger partial charge in [-0.2, -0.15) is 11.3 Å². The Morgan fingerprint density at radius 3 is 2.65 bits per heavy atom. The molecule has 6 heteroatoms. The molecule has 3 rings (SSSR count). The monoisotopic (exact) mass is 371 g/mol. The first kappa shape index (κ1) is 18.6. The molecule has 0 bridgehead atoms. The van der Waals surface area contributed by atoms with Crippen LogP contribution in [0.1, 0.15) is 21.5 Å². The van der Waals surface area contributed by atoms with E-state index in [1.54, 1.807) is 11.3 Å². The van der Waals surface area contributed by atoms with E-state index in [-0.39, 0.29) is 11.8 Å². The zero-order valence-electron chi connectivity index (χ0n) is 15.1. The molecule has 1 fully saturated rings. The van der Waals surface area contributed by atoms with Gasteiger partial charge in [0.15, 0.2) is 0 Å². The Labute approximate surface area is 158 Å². The number of rotatable bonds is 6. The summed E-state index contributed by atoms with van der Waals surface area (Å²) in [7, 11) is 0. The summed E-state index contributed by atoms with van der Waals surface area (Å²) < 4.78 is 0. The Balaban J connectivity index is 1.35. The van der Waals surface area contributed by atoms with Gasteiger partial charge in [0.05, 0.1) is 12.0 Å². The summed E-state index contributed by atoms with van der Waals surface area (Å²) in [6.45, 7) is 6.68. The molecule has 2 aromatic rings. The summed E-state index contributed by atoms with van der Waals surface area (Å²) in [5.74, 6) is 0.180. The molecule has 1 saturated heterocycles. The molecule has 138 valence electrons. The van der Waals surface area contributed by atoms with Gasteiger partial charge in [0.25, 0.3) is 5.91 Å². The topological polar surface area (TPSA) is 52.7 Å². The highest BCUT2D eigenvalue weighted by Gasteiger charge is 2.22. The maximum absolute atomic E-state index is 12.3. The van der Waals surface area contributed by atoms with Crippen molar-refractivity contribution in [3.8, 4) is 0 Å². The van der Waals surface area contributed by atoms with Crippen LogP contribution in [-0.4, -0.2) is 60.9 Å². The van der Waals surface area contributed by atoms with Crippen molar-refractivity contribution in [2.75, 3.05) is 39.3 Å². The highest BCUT2D eigenvalue weighted by atomic mass is 32.1. The average molecular weight is 372 g/mol. The number of benzene rings is 1. The molecule has 0 unspecified atom stereocenters. The van der Waals surface area contributed by atoms with E-state index in [1.807, 2.05) is 52.9 Å². The van der Waals surface area contributed by atoms with Crippen LogP contribution in [0, 0.1) is 6.92 Å². The molecule has 0 aliphatic carbocycles. The van der Waals surface area contributed by atoms with Crippen LogP contribution in [0.15, 0.2) is 41.1 Å². The summed E-state index contributed by atoms with van der Waals surface area (Å²) in [5, 5.41) is 6.83. The molecule has 0 spiro atoms. The van der Waals surface area contributed by atoms with Gasteiger partial charge in [-0.05, 0) is 23.9 Å². The average Bonchev–Trinajstić information content (AvgIpc) is 3.16. The van der Waals surface area contributed by atoms with Crippen molar-refractivity contribution in [3.05, 3.63) is 57.8 Å². The number of amides is 2. The van der Waals surface area contributed by atoms with Crippen LogP contribution in [0.5, 0.6) is 0 Å². The van der Waals surface area contributed by atoms with Gasteiger partial charge in [-0.15, -0.1) is 0 Å². The molecule has 1 aliphatic heterocycles. The van der Waals surface area contributed by atoms with Crippen LogP contribution in [0.25, 0.3) is 0 Å². The summed E-state index contributed by atoms with van der Waals surface area (Å²) >= 11 is 1.55. The van der Waals surface area contributed by atoms with Gasteiger partial charge in [-0.25, -0.2) is 0 Å². The standard InChI is InChI=1S/C20H25N3O2S/c1-16-3-2-4-17(13-16)14-19(24)21-6-7-22-8-10-23(11-9-22)20(25)18-5-12-26-15-18/h2-5,12-13,15H,6-11,14H2,1H3,(H,21,24). The third kappa shape index (κ3) is 5.16. The van der Waals surface area contributed by atoms with Gasteiger partial charge < -0.3 is 10.2 Å². The number of hydrogen-bond acceptors (Lipinski definition) is 4. The van der Waals surface area contributed by atoms with Crippen LogP contribution < -0.4 is 5.32 Å². The second kappa shape index (κ2) is 8.96. The minimum absolute atomic E-state index is 0.0573. The number of hydrogen-bond donors (Lipinski definition) is 1. The summed E-state index contributed by atoms with van der Waals surface area (Å²) in [6.07, 6.45) is 0.421. The lowest BCUT2D eigenvalue weighted by atomic mass is 10.1. The first-order chi connectivity index (χ1) is 12.6. The van der Waals surface area contributed by atoms with Crippen molar-refractivity contribution in [1.82, 2.24) is 15.1 Å². The van der Waals surface area contributed by atoms with Crippen LogP contribution in [0.2, 0.25) is 0 Å². The van der Waals surface area contributed by atoms with Gasteiger partial charge in [0.1, 0.15) is 0 Å². The van der Waals surface area contributed by atoms with Crippen LogP contribution >= 0.6 is 11.3 Å². The maximum Gasteiger partial charge on any atom is 0.254 e. The second-order valence-corrected chi connectivity index (χ2v) is 7.44. The number of piperazine rings is 1. The fraction of sp³-hybridized carbons (Fsp3) is 0.400. The quantitative estimate of drug-likeness (QED) is 0.847. The predicted molar refractivity (Wildman–Crippen MR) is 105 cm³/mol. The molecular weight excluding hydrogens is 346 g/mol. The third-order valence-corrected chi connectivity index (χ3v) is 5.31. The third-order valence-electron chi connectivity index (χ3n) is 4.62. The second-order valence-electron chi connectivity index (χ2n) is 6.66. The van der Waals surface area contributed by atoms with Gasteiger partial charge in [-0.1, -0.05) is 29.8 Å². The molecule has 0 radical (unpaired) electrons. The molecule has 1 aliphatic rings. The Hall–Kier alpha value is -2.18. The van der Waals surface area contributed by atoms with E-state index in [0.29, 0.717) is 13.0 Å². The molecule has 2 heterocycles. The lowest BCUT2D eigenvalue weighted by molar-refractivity contribution is -0.120. The summed E-state index contributed by atoms with van der Waals surface area (Å²) in [6, 6.07) is 9.92. The highest BCUT2D eigenvalue weighted by molar-refractivity contribution is 7.08. The number of carbonyl (C=O) groups excluding carboxylic acids is 2. The first-order valence-corrected chi connectivity index (χ1v) is 9.92. The molecular formula is C20H25N3O2S. The van der Waals surface area contributed by atoms with E-state index in [2.05, 4.69) is 10.2 Å². The van der Waals surface area contributed by atoms with Gasteiger partial charge in [-0.3, -0.25) is 14.5 Å². The van der Waals surface area contributed by atoms with E-state index in [1.165, 1.54) is 5.56 Å². The van der Waals surface area contributed by atoms with E-state index >= 15 is 0 Å². The normalized spacial score (nSPS) is 15.0. The molecule has 0 atom stereocenters.